The molecular formula is C9H16BrN3. The van der Waals surface area contributed by atoms with E-state index in [0.717, 1.165) is 17.6 Å². The van der Waals surface area contributed by atoms with Crippen LogP contribution in [0, 0.1) is 5.92 Å². The van der Waals surface area contributed by atoms with Crippen molar-refractivity contribution in [3.05, 3.63) is 11.9 Å². The molecule has 0 bridgehead atoms. The third-order valence-corrected chi connectivity index (χ3v) is 2.58. The molecule has 0 aliphatic rings. The molecule has 1 rings (SSSR count). The van der Waals surface area contributed by atoms with Gasteiger partial charge in [-0.25, -0.2) is 0 Å². The minimum absolute atomic E-state index is 0.690. The van der Waals surface area contributed by atoms with Gasteiger partial charge in [0.05, 0.1) is 5.69 Å². The van der Waals surface area contributed by atoms with Crippen LogP contribution in [-0.2, 0) is 11.9 Å². The second-order valence-electron chi connectivity index (χ2n) is 3.46. The minimum atomic E-state index is 0.690. The fourth-order valence-corrected chi connectivity index (χ4v) is 1.65. The SMILES string of the molecule is CCCC(C)Cn1cc(CBr)nn1. The zero-order valence-corrected chi connectivity index (χ0v) is 9.79. The highest BCUT2D eigenvalue weighted by Crippen LogP contribution is 2.08. The number of aromatic nitrogens is 3. The molecule has 0 radical (unpaired) electrons. The largest absolute Gasteiger partial charge is 0.252 e. The van der Waals surface area contributed by atoms with E-state index in [-0.39, 0.29) is 0 Å². The van der Waals surface area contributed by atoms with Crippen LogP contribution in [0.2, 0.25) is 0 Å². The summed E-state index contributed by atoms with van der Waals surface area (Å²) in [4.78, 5) is 0. The summed E-state index contributed by atoms with van der Waals surface area (Å²) in [5.74, 6) is 0.690. The first-order valence-corrected chi connectivity index (χ1v) is 5.83. The van der Waals surface area contributed by atoms with Crippen molar-refractivity contribution in [1.82, 2.24) is 15.0 Å². The predicted molar refractivity (Wildman–Crippen MR) is 56.7 cm³/mol. The summed E-state index contributed by atoms with van der Waals surface area (Å²) < 4.78 is 1.93. The van der Waals surface area contributed by atoms with Crippen molar-refractivity contribution in [2.24, 2.45) is 5.92 Å². The molecule has 1 unspecified atom stereocenters. The highest BCUT2D eigenvalue weighted by molar-refractivity contribution is 9.08. The Kier molecular flexibility index (Phi) is 4.42. The Bertz CT molecular complexity index is 247. The third-order valence-electron chi connectivity index (χ3n) is 2.00. The normalized spacial score (nSPS) is 13.2. The molecule has 1 atom stereocenters. The number of halogens is 1. The number of nitrogens with zero attached hydrogens (tertiary/aromatic N) is 3. The van der Waals surface area contributed by atoms with Gasteiger partial charge in [0, 0.05) is 18.1 Å². The summed E-state index contributed by atoms with van der Waals surface area (Å²) in [7, 11) is 0. The van der Waals surface area contributed by atoms with Crippen LogP contribution in [0.4, 0.5) is 0 Å². The monoisotopic (exact) mass is 245 g/mol. The Labute approximate surface area is 87.6 Å². The van der Waals surface area contributed by atoms with E-state index in [2.05, 4.69) is 40.1 Å². The van der Waals surface area contributed by atoms with Gasteiger partial charge in [-0.2, -0.15) is 0 Å². The highest BCUT2D eigenvalue weighted by atomic mass is 79.9. The third kappa shape index (κ3) is 3.46. The van der Waals surface area contributed by atoms with Crippen LogP contribution in [0.15, 0.2) is 6.20 Å². The first kappa shape index (κ1) is 10.7. The summed E-state index contributed by atoms with van der Waals surface area (Å²) in [5.41, 5.74) is 1.00. The zero-order valence-electron chi connectivity index (χ0n) is 8.20. The van der Waals surface area contributed by atoms with Gasteiger partial charge >= 0.3 is 0 Å². The first-order valence-electron chi connectivity index (χ1n) is 4.71. The fourth-order valence-electron chi connectivity index (χ4n) is 1.39. The minimum Gasteiger partial charge on any atom is -0.252 e. The Morgan fingerprint density at radius 3 is 2.92 bits per heavy atom. The molecule has 0 amide bonds. The molecule has 0 aromatic carbocycles. The maximum absolute atomic E-state index is 4.05. The van der Waals surface area contributed by atoms with Gasteiger partial charge in [0.1, 0.15) is 0 Å². The van der Waals surface area contributed by atoms with Gasteiger partial charge in [-0.05, 0) is 12.3 Å². The molecule has 0 aliphatic heterocycles. The maximum atomic E-state index is 4.05. The van der Waals surface area contributed by atoms with Gasteiger partial charge in [-0.15, -0.1) is 5.10 Å². The van der Waals surface area contributed by atoms with Crippen molar-refractivity contribution in [1.29, 1.82) is 0 Å². The summed E-state index contributed by atoms with van der Waals surface area (Å²) in [6.45, 7) is 5.44. The van der Waals surface area contributed by atoms with Crippen LogP contribution in [-0.4, -0.2) is 15.0 Å². The molecule has 1 aromatic heterocycles. The van der Waals surface area contributed by atoms with E-state index >= 15 is 0 Å². The van der Waals surface area contributed by atoms with Crippen molar-refractivity contribution < 1.29 is 0 Å². The number of alkyl halides is 1. The molecule has 0 aliphatic carbocycles. The van der Waals surface area contributed by atoms with E-state index in [0.29, 0.717) is 5.92 Å². The van der Waals surface area contributed by atoms with Crippen LogP contribution in [0.25, 0.3) is 0 Å². The molecular weight excluding hydrogens is 230 g/mol. The molecule has 3 nitrogen and oxygen atoms in total. The second-order valence-corrected chi connectivity index (χ2v) is 4.02. The Morgan fingerprint density at radius 1 is 1.62 bits per heavy atom. The van der Waals surface area contributed by atoms with Crippen LogP contribution in [0.3, 0.4) is 0 Å². The van der Waals surface area contributed by atoms with Crippen LogP contribution in [0.1, 0.15) is 32.4 Å². The average Bonchev–Trinajstić information content (AvgIpc) is 2.52. The number of hydrogen-bond donors (Lipinski definition) is 0. The Hall–Kier alpha value is -0.380. The van der Waals surface area contributed by atoms with E-state index < -0.39 is 0 Å². The molecule has 4 heteroatoms. The molecule has 0 saturated carbocycles. The molecule has 0 spiro atoms. The van der Waals surface area contributed by atoms with Gasteiger partial charge in [0.2, 0.25) is 0 Å². The van der Waals surface area contributed by atoms with Gasteiger partial charge in [0.15, 0.2) is 0 Å². The van der Waals surface area contributed by atoms with Crippen LogP contribution < -0.4 is 0 Å². The van der Waals surface area contributed by atoms with Crippen molar-refractivity contribution >= 4 is 15.9 Å². The number of hydrogen-bond acceptors (Lipinski definition) is 2. The molecule has 0 saturated heterocycles. The Morgan fingerprint density at radius 2 is 2.38 bits per heavy atom. The van der Waals surface area contributed by atoms with Gasteiger partial charge < -0.3 is 0 Å². The van der Waals surface area contributed by atoms with E-state index in [1.807, 2.05) is 10.9 Å². The quantitative estimate of drug-likeness (QED) is 0.747. The topological polar surface area (TPSA) is 30.7 Å². The van der Waals surface area contributed by atoms with Crippen molar-refractivity contribution in [2.75, 3.05) is 0 Å². The lowest BCUT2D eigenvalue weighted by Crippen LogP contribution is -2.07. The molecule has 1 aromatic rings. The first-order chi connectivity index (χ1) is 6.26. The fraction of sp³-hybridized carbons (Fsp3) is 0.778. The molecule has 13 heavy (non-hydrogen) atoms. The molecule has 74 valence electrons. The predicted octanol–water partition coefficient (Wildman–Crippen LogP) is 2.61. The van der Waals surface area contributed by atoms with Crippen molar-refractivity contribution in [2.45, 2.75) is 38.6 Å². The van der Waals surface area contributed by atoms with Gasteiger partial charge in [-0.1, -0.05) is 41.4 Å². The smallest absolute Gasteiger partial charge is 0.0932 e. The summed E-state index contributed by atoms with van der Waals surface area (Å²) >= 11 is 3.35. The average molecular weight is 246 g/mol. The number of rotatable bonds is 5. The summed E-state index contributed by atoms with van der Waals surface area (Å²) in [6, 6.07) is 0. The van der Waals surface area contributed by atoms with E-state index in [4.69, 9.17) is 0 Å². The lowest BCUT2D eigenvalue weighted by Gasteiger charge is -2.08. The van der Waals surface area contributed by atoms with E-state index in [9.17, 15) is 0 Å². The Balaban J connectivity index is 2.44. The van der Waals surface area contributed by atoms with E-state index in [1.165, 1.54) is 12.8 Å². The maximum Gasteiger partial charge on any atom is 0.0932 e. The summed E-state index contributed by atoms with van der Waals surface area (Å²) in [6.07, 6.45) is 4.49. The van der Waals surface area contributed by atoms with Crippen molar-refractivity contribution in [3.8, 4) is 0 Å². The van der Waals surface area contributed by atoms with Crippen LogP contribution >= 0.6 is 15.9 Å². The van der Waals surface area contributed by atoms with E-state index in [1.54, 1.807) is 0 Å². The molecule has 0 fully saturated rings. The van der Waals surface area contributed by atoms with Crippen LogP contribution in [0.5, 0.6) is 0 Å². The molecule has 0 N–H and O–H groups in total. The second kappa shape index (κ2) is 5.37. The lowest BCUT2D eigenvalue weighted by atomic mass is 10.1. The lowest BCUT2D eigenvalue weighted by molar-refractivity contribution is 0.414. The zero-order chi connectivity index (χ0) is 9.68. The van der Waals surface area contributed by atoms with Gasteiger partial charge in [-0.3, -0.25) is 4.68 Å². The summed E-state index contributed by atoms with van der Waals surface area (Å²) in [5, 5.41) is 8.85. The van der Waals surface area contributed by atoms with Gasteiger partial charge in [0.25, 0.3) is 0 Å². The standard InChI is InChI=1S/C9H16BrN3/c1-3-4-8(2)6-13-7-9(5-10)11-12-13/h7-8H,3-6H2,1-2H3. The molecule has 1 heterocycles. The van der Waals surface area contributed by atoms with Crippen molar-refractivity contribution in [3.63, 3.8) is 0 Å². The highest BCUT2D eigenvalue weighted by Gasteiger charge is 2.04.